The number of halogens is 1. The van der Waals surface area contributed by atoms with Crippen molar-refractivity contribution < 1.29 is 9.26 Å². The summed E-state index contributed by atoms with van der Waals surface area (Å²) in [6.07, 6.45) is 0. The van der Waals surface area contributed by atoms with Gasteiger partial charge in [0.1, 0.15) is 5.69 Å². The number of ether oxygens (including phenoxy) is 1. The van der Waals surface area contributed by atoms with E-state index >= 15 is 0 Å². The Morgan fingerprint density at radius 2 is 2.09 bits per heavy atom. The first kappa shape index (κ1) is 13.6. The topological polar surface area (TPSA) is 91.2 Å². The summed E-state index contributed by atoms with van der Waals surface area (Å²) in [5.74, 6) is 0.930. The van der Waals surface area contributed by atoms with Crippen molar-refractivity contribution in [3.63, 3.8) is 0 Å². The van der Waals surface area contributed by atoms with E-state index in [1.807, 2.05) is 18.2 Å². The van der Waals surface area contributed by atoms with Crippen molar-refractivity contribution in [1.82, 2.24) is 30.4 Å². The van der Waals surface area contributed by atoms with Crippen LogP contribution in [0.2, 0.25) is 5.02 Å². The number of hydrogen-bond donors (Lipinski definition) is 0. The standard InChI is InChI=1S/C14H9ClN6O2/c15-11-4-2-1-3-10(11)12-7-9(23-18-12)8-22-14-6-5-13-16-19-20-21(13)17-14/h1-7H,8H2. The average Bonchev–Trinajstić information content (AvgIpc) is 3.22. The number of fused-ring (bicyclic) bond motifs is 1. The summed E-state index contributed by atoms with van der Waals surface area (Å²) < 4.78 is 12.1. The van der Waals surface area contributed by atoms with Crippen molar-refractivity contribution in [2.45, 2.75) is 6.61 Å². The second-order valence-electron chi connectivity index (χ2n) is 4.65. The van der Waals surface area contributed by atoms with Gasteiger partial charge < -0.3 is 9.26 Å². The molecule has 0 spiro atoms. The van der Waals surface area contributed by atoms with Gasteiger partial charge in [-0.3, -0.25) is 0 Å². The molecule has 3 aromatic heterocycles. The molecule has 0 radical (unpaired) electrons. The van der Waals surface area contributed by atoms with E-state index in [0.717, 1.165) is 5.56 Å². The van der Waals surface area contributed by atoms with E-state index in [1.165, 1.54) is 4.63 Å². The predicted octanol–water partition coefficient (Wildman–Crippen LogP) is 2.41. The van der Waals surface area contributed by atoms with Gasteiger partial charge in [-0.15, -0.1) is 14.8 Å². The maximum Gasteiger partial charge on any atom is 0.234 e. The van der Waals surface area contributed by atoms with Gasteiger partial charge in [0.2, 0.25) is 5.88 Å². The van der Waals surface area contributed by atoms with Crippen LogP contribution in [0.3, 0.4) is 0 Å². The zero-order valence-corrected chi connectivity index (χ0v) is 12.4. The summed E-state index contributed by atoms with van der Waals surface area (Å²) in [6.45, 7) is 0.179. The minimum atomic E-state index is 0.179. The summed E-state index contributed by atoms with van der Waals surface area (Å²) in [5.41, 5.74) is 1.99. The molecule has 0 N–H and O–H groups in total. The van der Waals surface area contributed by atoms with Gasteiger partial charge in [0.25, 0.3) is 0 Å². The first-order valence-electron chi connectivity index (χ1n) is 6.68. The van der Waals surface area contributed by atoms with Crippen molar-refractivity contribution >= 4 is 17.2 Å². The second-order valence-corrected chi connectivity index (χ2v) is 5.05. The number of rotatable bonds is 4. The molecule has 9 heteroatoms. The number of nitrogens with zero attached hydrogens (tertiary/aromatic N) is 6. The van der Waals surface area contributed by atoms with E-state index in [1.54, 1.807) is 24.3 Å². The summed E-state index contributed by atoms with van der Waals surface area (Å²) in [7, 11) is 0. The number of aromatic nitrogens is 6. The Balaban J connectivity index is 1.50. The summed E-state index contributed by atoms with van der Waals surface area (Å²) in [4.78, 5) is 0. The molecule has 0 amide bonds. The fourth-order valence-corrected chi connectivity index (χ4v) is 2.26. The van der Waals surface area contributed by atoms with Gasteiger partial charge >= 0.3 is 0 Å². The Morgan fingerprint density at radius 1 is 1.17 bits per heavy atom. The summed E-state index contributed by atoms with van der Waals surface area (Å²) in [6, 6.07) is 12.6. The van der Waals surface area contributed by atoms with Crippen molar-refractivity contribution in [3.8, 4) is 17.1 Å². The van der Waals surface area contributed by atoms with Gasteiger partial charge in [0.15, 0.2) is 18.0 Å². The second kappa shape index (κ2) is 5.65. The third-order valence-corrected chi connectivity index (χ3v) is 3.45. The Labute approximate surface area is 134 Å². The lowest BCUT2D eigenvalue weighted by atomic mass is 10.1. The first-order chi connectivity index (χ1) is 11.3. The van der Waals surface area contributed by atoms with E-state index in [2.05, 4.69) is 25.8 Å². The highest BCUT2D eigenvalue weighted by Gasteiger charge is 2.10. The van der Waals surface area contributed by atoms with E-state index in [4.69, 9.17) is 20.9 Å². The fraction of sp³-hybridized carbons (Fsp3) is 0.0714. The molecule has 23 heavy (non-hydrogen) atoms. The highest BCUT2D eigenvalue weighted by molar-refractivity contribution is 6.33. The van der Waals surface area contributed by atoms with E-state index in [-0.39, 0.29) is 6.61 Å². The van der Waals surface area contributed by atoms with Crippen LogP contribution in [0.5, 0.6) is 5.88 Å². The number of tetrazole rings is 1. The minimum absolute atomic E-state index is 0.179. The Hall–Kier alpha value is -3.00. The molecule has 0 bridgehead atoms. The molecule has 4 rings (SSSR count). The number of benzene rings is 1. The Kier molecular flexibility index (Phi) is 3.35. The van der Waals surface area contributed by atoms with Gasteiger partial charge in [-0.05, 0) is 22.6 Å². The number of hydrogen-bond acceptors (Lipinski definition) is 7. The van der Waals surface area contributed by atoms with Crippen molar-refractivity contribution in [2.24, 2.45) is 0 Å². The predicted molar refractivity (Wildman–Crippen MR) is 79.9 cm³/mol. The van der Waals surface area contributed by atoms with Crippen LogP contribution >= 0.6 is 11.6 Å². The zero-order valence-electron chi connectivity index (χ0n) is 11.6. The SMILES string of the molecule is Clc1ccccc1-c1cc(COc2ccc3nnnn3n2)on1. The van der Waals surface area contributed by atoms with Gasteiger partial charge in [0, 0.05) is 17.7 Å². The van der Waals surface area contributed by atoms with Gasteiger partial charge in [-0.25, -0.2) is 0 Å². The van der Waals surface area contributed by atoms with E-state index in [0.29, 0.717) is 28.0 Å². The molecular weight excluding hydrogens is 320 g/mol. The molecule has 3 heterocycles. The molecule has 1 aromatic carbocycles. The quantitative estimate of drug-likeness (QED) is 0.568. The fourth-order valence-electron chi connectivity index (χ4n) is 2.03. The summed E-state index contributed by atoms with van der Waals surface area (Å²) in [5, 5.41) is 19.7. The maximum atomic E-state index is 6.14. The molecule has 114 valence electrons. The highest BCUT2D eigenvalue weighted by Crippen LogP contribution is 2.27. The van der Waals surface area contributed by atoms with Crippen LogP contribution in [0.4, 0.5) is 0 Å². The largest absolute Gasteiger partial charge is 0.468 e. The van der Waals surface area contributed by atoms with Crippen LogP contribution in [0, 0.1) is 0 Å². The first-order valence-corrected chi connectivity index (χ1v) is 7.06. The Bertz CT molecular complexity index is 966. The van der Waals surface area contributed by atoms with E-state index in [9.17, 15) is 0 Å². The lowest BCUT2D eigenvalue weighted by molar-refractivity contribution is 0.238. The van der Waals surface area contributed by atoms with Crippen LogP contribution in [-0.4, -0.2) is 30.4 Å². The normalized spacial score (nSPS) is 11.0. The Morgan fingerprint density at radius 3 is 3.00 bits per heavy atom. The third kappa shape index (κ3) is 2.71. The molecule has 0 atom stereocenters. The molecule has 0 unspecified atom stereocenters. The summed E-state index contributed by atoms with van der Waals surface area (Å²) >= 11 is 6.14. The molecule has 4 aromatic rings. The molecule has 0 saturated carbocycles. The maximum absolute atomic E-state index is 6.14. The minimum Gasteiger partial charge on any atom is -0.468 e. The van der Waals surface area contributed by atoms with Crippen LogP contribution in [0.1, 0.15) is 5.76 Å². The van der Waals surface area contributed by atoms with Crippen molar-refractivity contribution in [1.29, 1.82) is 0 Å². The average molecular weight is 329 g/mol. The zero-order chi connectivity index (χ0) is 15.6. The third-order valence-electron chi connectivity index (χ3n) is 3.12. The van der Waals surface area contributed by atoms with Crippen molar-refractivity contribution in [2.75, 3.05) is 0 Å². The molecule has 0 aliphatic heterocycles. The molecule has 0 saturated heterocycles. The van der Waals surface area contributed by atoms with Crippen LogP contribution in [-0.2, 0) is 6.61 Å². The molecule has 8 nitrogen and oxygen atoms in total. The van der Waals surface area contributed by atoms with Crippen LogP contribution in [0.15, 0.2) is 47.0 Å². The smallest absolute Gasteiger partial charge is 0.234 e. The molecular formula is C14H9ClN6O2. The van der Waals surface area contributed by atoms with Crippen LogP contribution in [0.25, 0.3) is 16.9 Å². The van der Waals surface area contributed by atoms with Gasteiger partial charge in [-0.1, -0.05) is 35.0 Å². The van der Waals surface area contributed by atoms with Crippen LogP contribution < -0.4 is 4.74 Å². The lowest BCUT2D eigenvalue weighted by Gasteiger charge is -2.01. The van der Waals surface area contributed by atoms with E-state index < -0.39 is 0 Å². The molecule has 0 aliphatic carbocycles. The molecule has 0 aliphatic rings. The monoisotopic (exact) mass is 328 g/mol. The highest BCUT2D eigenvalue weighted by atomic mass is 35.5. The molecule has 0 fully saturated rings. The van der Waals surface area contributed by atoms with Gasteiger partial charge in [-0.2, -0.15) is 0 Å². The van der Waals surface area contributed by atoms with Crippen molar-refractivity contribution in [3.05, 3.63) is 53.2 Å². The lowest BCUT2D eigenvalue weighted by Crippen LogP contribution is -2.00. The van der Waals surface area contributed by atoms with Gasteiger partial charge in [0.05, 0.1) is 5.02 Å².